The van der Waals surface area contributed by atoms with Gasteiger partial charge in [0.15, 0.2) is 0 Å². The number of esters is 2. The fourth-order valence-electron chi connectivity index (χ4n) is 2.33. The molecule has 9 nitrogen and oxygen atoms in total. The Morgan fingerprint density at radius 2 is 1.48 bits per heavy atom. The number of nitrogens with zero attached hydrogens (tertiary/aromatic N) is 2. The van der Waals surface area contributed by atoms with Gasteiger partial charge in [0, 0.05) is 18.7 Å². The Morgan fingerprint density at radius 3 is 1.93 bits per heavy atom. The van der Waals surface area contributed by atoms with E-state index in [1.54, 1.807) is 13.8 Å². The molecular weight excluding hydrogens is 376 g/mol. The van der Waals surface area contributed by atoms with E-state index in [9.17, 15) is 22.8 Å². The third kappa shape index (κ3) is 5.76. The molecular formula is C17H24N2O7S. The monoisotopic (exact) mass is 400 g/mol. The summed E-state index contributed by atoms with van der Waals surface area (Å²) in [5.74, 6) is -2.14. The van der Waals surface area contributed by atoms with Gasteiger partial charge >= 0.3 is 11.9 Å². The van der Waals surface area contributed by atoms with Crippen LogP contribution in [-0.4, -0.2) is 75.9 Å². The molecule has 150 valence electrons. The van der Waals surface area contributed by atoms with Crippen LogP contribution in [0.5, 0.6) is 0 Å². The molecule has 0 heterocycles. The Kier molecular flexibility index (Phi) is 8.38. The van der Waals surface area contributed by atoms with Crippen molar-refractivity contribution >= 4 is 27.9 Å². The van der Waals surface area contributed by atoms with Gasteiger partial charge in [-0.15, -0.1) is 0 Å². The zero-order chi connectivity index (χ0) is 20.6. The lowest BCUT2D eigenvalue weighted by molar-refractivity contribution is -0.144. The number of carbonyl (C=O) groups is 3. The topological polar surface area (TPSA) is 110 Å². The average molecular weight is 400 g/mol. The van der Waals surface area contributed by atoms with Crippen LogP contribution in [0.3, 0.4) is 0 Å². The van der Waals surface area contributed by atoms with Crippen LogP contribution in [0.2, 0.25) is 0 Å². The molecule has 1 amide bonds. The fourth-order valence-corrected chi connectivity index (χ4v) is 3.83. The van der Waals surface area contributed by atoms with Gasteiger partial charge < -0.3 is 14.4 Å². The number of sulfonamides is 1. The van der Waals surface area contributed by atoms with Crippen LogP contribution >= 0.6 is 0 Å². The third-order valence-electron chi connectivity index (χ3n) is 3.81. The molecule has 0 aliphatic rings. The molecule has 0 saturated heterocycles. The predicted octanol–water partition coefficient (Wildman–Crippen LogP) is 0.505. The molecule has 0 aromatic heterocycles. The third-order valence-corrected chi connectivity index (χ3v) is 5.85. The summed E-state index contributed by atoms with van der Waals surface area (Å²) in [5, 5.41) is 0. The Labute approximate surface area is 158 Å². The van der Waals surface area contributed by atoms with Crippen molar-refractivity contribution in [2.75, 3.05) is 40.4 Å². The molecule has 0 saturated carbocycles. The second-order valence-corrected chi connectivity index (χ2v) is 7.37. The van der Waals surface area contributed by atoms with E-state index in [1.807, 2.05) is 0 Å². The van der Waals surface area contributed by atoms with E-state index in [2.05, 4.69) is 9.47 Å². The molecule has 0 radical (unpaired) electrons. The van der Waals surface area contributed by atoms with E-state index in [0.29, 0.717) is 0 Å². The minimum absolute atomic E-state index is 0.0241. The normalized spacial score (nSPS) is 11.1. The summed E-state index contributed by atoms with van der Waals surface area (Å²) >= 11 is 0. The second-order valence-electron chi connectivity index (χ2n) is 5.43. The van der Waals surface area contributed by atoms with Crippen LogP contribution in [0.15, 0.2) is 29.2 Å². The van der Waals surface area contributed by atoms with Crippen LogP contribution in [0, 0.1) is 0 Å². The van der Waals surface area contributed by atoms with Crippen molar-refractivity contribution in [1.82, 2.24) is 9.21 Å². The van der Waals surface area contributed by atoms with Crippen LogP contribution < -0.4 is 0 Å². The molecule has 0 N–H and O–H groups in total. The maximum absolute atomic E-state index is 12.7. The number of rotatable bonds is 9. The summed E-state index contributed by atoms with van der Waals surface area (Å²) in [4.78, 5) is 36.7. The van der Waals surface area contributed by atoms with Crippen LogP contribution in [0.4, 0.5) is 0 Å². The van der Waals surface area contributed by atoms with Crippen LogP contribution in [-0.2, 0) is 29.1 Å². The van der Waals surface area contributed by atoms with E-state index < -0.39 is 41.0 Å². The molecule has 0 bridgehead atoms. The van der Waals surface area contributed by atoms with Crippen molar-refractivity contribution in [3.05, 3.63) is 29.8 Å². The molecule has 1 aromatic rings. The molecule has 27 heavy (non-hydrogen) atoms. The van der Waals surface area contributed by atoms with E-state index in [1.165, 1.54) is 28.6 Å². The first-order valence-electron chi connectivity index (χ1n) is 8.24. The highest BCUT2D eigenvalue weighted by Crippen LogP contribution is 2.18. The lowest BCUT2D eigenvalue weighted by Gasteiger charge is -2.21. The maximum atomic E-state index is 12.7. The molecule has 1 aromatic carbocycles. The SMILES string of the molecule is CCN(CC)S(=O)(=O)c1cccc(C(=O)N(CC(=O)OC)CC(=O)OC)c1. The molecule has 0 atom stereocenters. The van der Waals surface area contributed by atoms with Crippen molar-refractivity contribution in [2.24, 2.45) is 0 Å². The second kappa shape index (κ2) is 10.0. The largest absolute Gasteiger partial charge is 0.468 e. The quantitative estimate of drug-likeness (QED) is 0.555. The Bertz CT molecular complexity index is 770. The van der Waals surface area contributed by atoms with Crippen LogP contribution in [0.25, 0.3) is 0 Å². The predicted molar refractivity (Wildman–Crippen MR) is 96.5 cm³/mol. The first kappa shape index (κ1) is 22.6. The molecule has 0 aliphatic carbocycles. The van der Waals surface area contributed by atoms with Gasteiger partial charge in [-0.3, -0.25) is 14.4 Å². The summed E-state index contributed by atoms with van der Waals surface area (Å²) in [5.41, 5.74) is 0.0241. The highest BCUT2D eigenvalue weighted by atomic mass is 32.2. The number of benzene rings is 1. The molecule has 10 heteroatoms. The average Bonchev–Trinajstić information content (AvgIpc) is 2.67. The minimum Gasteiger partial charge on any atom is -0.468 e. The Hall–Kier alpha value is -2.46. The fraction of sp³-hybridized carbons (Fsp3) is 0.471. The highest BCUT2D eigenvalue weighted by molar-refractivity contribution is 7.89. The first-order chi connectivity index (χ1) is 12.7. The van der Waals surface area contributed by atoms with Gasteiger partial charge in [0.2, 0.25) is 10.0 Å². The summed E-state index contributed by atoms with van der Waals surface area (Å²) in [6.45, 7) is 3.05. The van der Waals surface area contributed by atoms with Crippen LogP contribution in [0.1, 0.15) is 24.2 Å². The summed E-state index contributed by atoms with van der Waals surface area (Å²) in [7, 11) is -1.45. The minimum atomic E-state index is -3.76. The van der Waals surface area contributed by atoms with Gasteiger partial charge in [-0.05, 0) is 18.2 Å². The van der Waals surface area contributed by atoms with E-state index >= 15 is 0 Å². The lowest BCUT2D eigenvalue weighted by Crippen LogP contribution is -2.40. The van der Waals surface area contributed by atoms with E-state index in [-0.39, 0.29) is 23.5 Å². The molecule has 0 unspecified atom stereocenters. The van der Waals surface area contributed by atoms with Gasteiger partial charge in [0.05, 0.1) is 19.1 Å². The van der Waals surface area contributed by atoms with Gasteiger partial charge in [0.25, 0.3) is 5.91 Å². The van der Waals surface area contributed by atoms with E-state index in [0.717, 1.165) is 19.1 Å². The van der Waals surface area contributed by atoms with Gasteiger partial charge in [-0.1, -0.05) is 19.9 Å². The smallest absolute Gasteiger partial charge is 0.325 e. The highest BCUT2D eigenvalue weighted by Gasteiger charge is 2.26. The number of ether oxygens (including phenoxy) is 2. The van der Waals surface area contributed by atoms with Gasteiger partial charge in [-0.2, -0.15) is 4.31 Å². The van der Waals surface area contributed by atoms with E-state index in [4.69, 9.17) is 0 Å². The number of methoxy groups -OCH3 is 2. The molecule has 0 spiro atoms. The van der Waals surface area contributed by atoms with Crippen molar-refractivity contribution < 1.29 is 32.3 Å². The Morgan fingerprint density at radius 1 is 0.963 bits per heavy atom. The summed E-state index contributed by atoms with van der Waals surface area (Å²) in [6, 6.07) is 5.44. The molecule has 0 aliphatic heterocycles. The summed E-state index contributed by atoms with van der Waals surface area (Å²) in [6.07, 6.45) is 0. The van der Waals surface area contributed by atoms with Crippen molar-refractivity contribution in [2.45, 2.75) is 18.7 Å². The Balaban J connectivity index is 3.23. The van der Waals surface area contributed by atoms with Crippen molar-refractivity contribution in [3.63, 3.8) is 0 Å². The number of hydrogen-bond acceptors (Lipinski definition) is 7. The standard InChI is InChI=1S/C17H24N2O7S/c1-5-19(6-2)27(23,24)14-9-7-8-13(10-14)17(22)18(11-15(20)25-3)12-16(21)26-4/h7-10H,5-6,11-12H2,1-4H3. The van der Waals surface area contributed by atoms with Gasteiger partial charge in [0.1, 0.15) is 13.1 Å². The van der Waals surface area contributed by atoms with Crippen molar-refractivity contribution in [3.8, 4) is 0 Å². The molecule has 0 fully saturated rings. The number of amides is 1. The molecule has 1 rings (SSSR count). The van der Waals surface area contributed by atoms with Crippen molar-refractivity contribution in [1.29, 1.82) is 0 Å². The number of carbonyl (C=O) groups excluding carboxylic acids is 3. The maximum Gasteiger partial charge on any atom is 0.325 e. The number of hydrogen-bond donors (Lipinski definition) is 0. The van der Waals surface area contributed by atoms with Gasteiger partial charge in [-0.25, -0.2) is 8.42 Å². The summed E-state index contributed by atoms with van der Waals surface area (Å²) < 4.78 is 35.6. The zero-order valence-corrected chi connectivity index (χ0v) is 16.6. The lowest BCUT2D eigenvalue weighted by atomic mass is 10.2. The zero-order valence-electron chi connectivity index (χ0n) is 15.8. The first-order valence-corrected chi connectivity index (χ1v) is 9.68.